The van der Waals surface area contributed by atoms with Gasteiger partial charge in [-0.3, -0.25) is 0 Å². The largest absolute Gasteiger partial charge is 0.492 e. The van der Waals surface area contributed by atoms with E-state index in [-0.39, 0.29) is 0 Å². The molecular formula is C15H19NO3. The van der Waals surface area contributed by atoms with Gasteiger partial charge in [0.25, 0.3) is 0 Å². The Balaban J connectivity index is 2.49. The van der Waals surface area contributed by atoms with Gasteiger partial charge in [-0.15, -0.1) is 0 Å². The predicted molar refractivity (Wildman–Crippen MR) is 74.0 cm³/mol. The zero-order valence-electron chi connectivity index (χ0n) is 11.6. The number of ether oxygens (including phenoxy) is 2. The number of benzene rings is 1. The van der Waals surface area contributed by atoms with Crippen LogP contribution in [-0.2, 0) is 9.53 Å². The predicted octanol–water partition coefficient (Wildman–Crippen LogP) is 1.54. The molecule has 0 aromatic heterocycles. The third-order valence-electron chi connectivity index (χ3n) is 2.25. The number of hydrogen-bond acceptors (Lipinski definition) is 4. The van der Waals surface area contributed by atoms with Crippen molar-refractivity contribution in [3.8, 4) is 17.6 Å². The molecule has 1 aromatic rings. The number of esters is 1. The highest BCUT2D eigenvalue weighted by atomic mass is 16.5. The van der Waals surface area contributed by atoms with Crippen molar-refractivity contribution in [1.29, 1.82) is 0 Å². The highest BCUT2D eigenvalue weighted by Gasteiger charge is 1.96. The van der Waals surface area contributed by atoms with Crippen molar-refractivity contribution >= 4 is 5.97 Å². The minimum atomic E-state index is -0.506. The second kappa shape index (κ2) is 8.17. The van der Waals surface area contributed by atoms with Gasteiger partial charge in [0.15, 0.2) is 0 Å². The van der Waals surface area contributed by atoms with Crippen LogP contribution in [0.15, 0.2) is 24.3 Å². The van der Waals surface area contributed by atoms with Gasteiger partial charge in [-0.05, 0) is 45.3 Å². The Kier molecular flexibility index (Phi) is 6.48. The molecule has 0 unspecified atom stereocenters. The van der Waals surface area contributed by atoms with Crippen molar-refractivity contribution in [2.24, 2.45) is 0 Å². The third-order valence-corrected chi connectivity index (χ3v) is 2.25. The molecule has 0 amide bonds. The molecule has 0 bridgehead atoms. The van der Waals surface area contributed by atoms with Gasteiger partial charge in [-0.25, -0.2) is 4.79 Å². The summed E-state index contributed by atoms with van der Waals surface area (Å²) in [6.07, 6.45) is 0. The normalized spacial score (nSPS) is 9.68. The van der Waals surface area contributed by atoms with Crippen LogP contribution in [0.25, 0.3) is 0 Å². The Morgan fingerprint density at radius 3 is 2.53 bits per heavy atom. The lowest BCUT2D eigenvalue weighted by Crippen LogP contribution is -2.19. The topological polar surface area (TPSA) is 38.8 Å². The Bertz CT molecular complexity index is 455. The lowest BCUT2D eigenvalue weighted by Gasteiger charge is -2.10. The van der Waals surface area contributed by atoms with Crippen LogP contribution < -0.4 is 4.74 Å². The maximum absolute atomic E-state index is 11.1. The van der Waals surface area contributed by atoms with Crippen molar-refractivity contribution in [2.75, 3.05) is 33.9 Å². The monoisotopic (exact) mass is 261 g/mol. The van der Waals surface area contributed by atoms with E-state index in [1.807, 2.05) is 38.4 Å². The van der Waals surface area contributed by atoms with Crippen LogP contribution in [0.3, 0.4) is 0 Å². The first-order valence-corrected chi connectivity index (χ1v) is 6.18. The van der Waals surface area contributed by atoms with Gasteiger partial charge in [0.05, 0.1) is 6.61 Å². The molecule has 0 aliphatic heterocycles. The standard InChI is InChI=1S/C15H19NO3/c1-4-18-15(17)10-7-13-5-8-14(9-6-13)19-12-11-16(2)3/h5-6,8-9H,4,11-12H2,1-3H3. The van der Waals surface area contributed by atoms with Crippen molar-refractivity contribution in [3.05, 3.63) is 29.8 Å². The summed E-state index contributed by atoms with van der Waals surface area (Å²) in [7, 11) is 3.99. The van der Waals surface area contributed by atoms with Crippen LogP contribution in [-0.4, -0.2) is 44.7 Å². The van der Waals surface area contributed by atoms with Crippen LogP contribution in [0.5, 0.6) is 5.75 Å². The fourth-order valence-corrected chi connectivity index (χ4v) is 1.27. The summed E-state index contributed by atoms with van der Waals surface area (Å²) in [6, 6.07) is 7.31. The Hall–Kier alpha value is -1.99. The van der Waals surface area contributed by atoms with Crippen LogP contribution in [0, 0.1) is 11.8 Å². The first-order chi connectivity index (χ1) is 9.11. The van der Waals surface area contributed by atoms with E-state index < -0.39 is 5.97 Å². The van der Waals surface area contributed by atoms with Gasteiger partial charge < -0.3 is 14.4 Å². The summed E-state index contributed by atoms with van der Waals surface area (Å²) in [6.45, 7) is 3.59. The number of hydrogen-bond donors (Lipinski definition) is 0. The molecular weight excluding hydrogens is 242 g/mol. The first kappa shape index (κ1) is 15.1. The SMILES string of the molecule is CCOC(=O)C#Cc1ccc(OCCN(C)C)cc1. The summed E-state index contributed by atoms with van der Waals surface area (Å²) in [4.78, 5) is 13.1. The van der Waals surface area contributed by atoms with E-state index in [1.165, 1.54) is 0 Å². The van der Waals surface area contributed by atoms with E-state index in [2.05, 4.69) is 16.7 Å². The highest BCUT2D eigenvalue weighted by Crippen LogP contribution is 2.11. The summed E-state index contributed by atoms with van der Waals surface area (Å²) >= 11 is 0. The number of carbonyl (C=O) groups is 1. The number of nitrogens with zero attached hydrogens (tertiary/aromatic N) is 1. The van der Waals surface area contributed by atoms with Gasteiger partial charge in [0.2, 0.25) is 0 Å². The van der Waals surface area contributed by atoms with E-state index >= 15 is 0 Å². The fraction of sp³-hybridized carbons (Fsp3) is 0.400. The highest BCUT2D eigenvalue weighted by molar-refractivity contribution is 5.89. The van der Waals surface area contributed by atoms with Crippen molar-refractivity contribution in [3.63, 3.8) is 0 Å². The molecule has 1 aromatic carbocycles. The van der Waals surface area contributed by atoms with Gasteiger partial charge in [0, 0.05) is 18.0 Å². The average molecular weight is 261 g/mol. The maximum atomic E-state index is 11.1. The molecule has 0 spiro atoms. The molecule has 1 rings (SSSR count). The fourth-order valence-electron chi connectivity index (χ4n) is 1.27. The molecule has 0 saturated carbocycles. The number of rotatable bonds is 5. The van der Waals surface area contributed by atoms with Crippen molar-refractivity contribution in [2.45, 2.75) is 6.92 Å². The molecule has 0 saturated heterocycles. The number of likely N-dealkylation sites (N-methyl/N-ethyl adjacent to an activating group) is 1. The van der Waals surface area contributed by atoms with E-state index in [0.29, 0.717) is 13.2 Å². The molecule has 4 heteroatoms. The zero-order chi connectivity index (χ0) is 14.1. The lowest BCUT2D eigenvalue weighted by molar-refractivity contribution is -0.136. The third kappa shape index (κ3) is 6.49. The van der Waals surface area contributed by atoms with Gasteiger partial charge in [-0.2, -0.15) is 0 Å². The summed E-state index contributed by atoms with van der Waals surface area (Å²) in [5.41, 5.74) is 0.757. The van der Waals surface area contributed by atoms with Crippen molar-refractivity contribution in [1.82, 2.24) is 4.90 Å². The van der Waals surface area contributed by atoms with Crippen LogP contribution in [0.4, 0.5) is 0 Å². The average Bonchev–Trinajstić information content (AvgIpc) is 2.38. The molecule has 0 fully saturated rings. The first-order valence-electron chi connectivity index (χ1n) is 6.18. The maximum Gasteiger partial charge on any atom is 0.384 e. The molecule has 0 N–H and O–H groups in total. The van der Waals surface area contributed by atoms with Crippen molar-refractivity contribution < 1.29 is 14.3 Å². The van der Waals surface area contributed by atoms with Gasteiger partial charge in [0.1, 0.15) is 12.4 Å². The summed E-state index contributed by atoms with van der Waals surface area (Å²) in [5, 5.41) is 0. The zero-order valence-corrected chi connectivity index (χ0v) is 11.6. The lowest BCUT2D eigenvalue weighted by atomic mass is 10.2. The van der Waals surface area contributed by atoms with Gasteiger partial charge >= 0.3 is 5.97 Å². The molecule has 0 aliphatic rings. The second-order valence-corrected chi connectivity index (χ2v) is 4.15. The quantitative estimate of drug-likeness (QED) is 0.595. The van der Waals surface area contributed by atoms with E-state index in [9.17, 15) is 4.79 Å². The minimum Gasteiger partial charge on any atom is -0.492 e. The molecule has 102 valence electrons. The van der Waals surface area contributed by atoms with E-state index in [0.717, 1.165) is 17.9 Å². The molecule has 0 radical (unpaired) electrons. The van der Waals surface area contributed by atoms with E-state index in [1.54, 1.807) is 6.92 Å². The molecule has 19 heavy (non-hydrogen) atoms. The van der Waals surface area contributed by atoms with E-state index in [4.69, 9.17) is 9.47 Å². The summed E-state index contributed by atoms with van der Waals surface area (Å²) < 4.78 is 10.3. The van der Waals surface area contributed by atoms with Gasteiger partial charge in [-0.1, -0.05) is 5.92 Å². The Labute approximate surface area is 114 Å². The Morgan fingerprint density at radius 1 is 1.26 bits per heavy atom. The van der Waals surface area contributed by atoms with Crippen LogP contribution in [0.1, 0.15) is 12.5 Å². The summed E-state index contributed by atoms with van der Waals surface area (Å²) in [5.74, 6) is 5.45. The van der Waals surface area contributed by atoms with Crippen LogP contribution >= 0.6 is 0 Å². The molecule has 0 aliphatic carbocycles. The Morgan fingerprint density at radius 2 is 1.95 bits per heavy atom. The number of carbonyl (C=O) groups excluding carboxylic acids is 1. The molecule has 0 heterocycles. The smallest absolute Gasteiger partial charge is 0.384 e. The molecule has 0 atom stereocenters. The van der Waals surface area contributed by atoms with Crippen LogP contribution in [0.2, 0.25) is 0 Å². The molecule has 4 nitrogen and oxygen atoms in total. The second-order valence-electron chi connectivity index (χ2n) is 4.15. The minimum absolute atomic E-state index is 0.339.